The molecule has 100 valence electrons. The first kappa shape index (κ1) is 16.7. The topological polar surface area (TPSA) is 43.8 Å². The zero-order valence-corrected chi connectivity index (χ0v) is 12.1. The molecule has 0 aromatic carbocycles. The molecule has 0 fully saturated rings. The fraction of sp³-hybridized carbons (Fsp3) is 0.700. The number of alkyl halides is 3. The molecular formula is C10H17Cl3N2O2. The van der Waals surface area contributed by atoms with Crippen LogP contribution in [0.5, 0.6) is 0 Å². The lowest BCUT2D eigenvalue weighted by atomic mass is 10.3. The lowest BCUT2D eigenvalue weighted by Gasteiger charge is -2.17. The van der Waals surface area contributed by atoms with Gasteiger partial charge in [-0.3, -0.25) is 0 Å². The predicted octanol–water partition coefficient (Wildman–Crippen LogP) is 2.90. The van der Waals surface area contributed by atoms with E-state index >= 15 is 0 Å². The molecule has 0 unspecified atom stereocenters. The van der Waals surface area contributed by atoms with Gasteiger partial charge >= 0.3 is 5.97 Å². The standard InChI is InChI=1S/C8H16N2.C2HCl3O2/c1-3-4-5-10-7-6-9(2)8-10;3-2(4,5)1(6)7/h6-7H,3-5,8H2,1-2H3;(H,6,7). The normalized spacial score (nSPS) is 14.6. The first-order valence-corrected chi connectivity index (χ1v) is 6.33. The van der Waals surface area contributed by atoms with Gasteiger partial charge in [0, 0.05) is 26.0 Å². The number of carbonyl (C=O) groups is 1. The Morgan fingerprint density at radius 2 is 1.94 bits per heavy atom. The van der Waals surface area contributed by atoms with Gasteiger partial charge in [-0.05, 0) is 6.42 Å². The second-order valence-electron chi connectivity index (χ2n) is 3.67. The number of nitrogens with zero attached hydrogens (tertiary/aromatic N) is 2. The molecule has 0 aliphatic carbocycles. The van der Waals surface area contributed by atoms with Crippen molar-refractivity contribution in [2.45, 2.75) is 23.6 Å². The number of carboxylic acids is 1. The van der Waals surface area contributed by atoms with Crippen LogP contribution >= 0.6 is 34.8 Å². The van der Waals surface area contributed by atoms with Crippen molar-refractivity contribution in [2.75, 3.05) is 20.3 Å². The average molecular weight is 304 g/mol. The van der Waals surface area contributed by atoms with E-state index in [0.717, 1.165) is 6.67 Å². The van der Waals surface area contributed by atoms with E-state index in [-0.39, 0.29) is 0 Å². The number of carboxylic acid groups (broad SMARTS) is 1. The van der Waals surface area contributed by atoms with Gasteiger partial charge in [-0.1, -0.05) is 48.1 Å². The highest BCUT2D eigenvalue weighted by molar-refractivity contribution is 6.75. The van der Waals surface area contributed by atoms with E-state index in [1.165, 1.54) is 19.4 Å². The second kappa shape index (κ2) is 7.90. The average Bonchev–Trinajstić information content (AvgIpc) is 2.60. The van der Waals surface area contributed by atoms with Crippen molar-refractivity contribution in [1.29, 1.82) is 0 Å². The molecule has 0 aromatic rings. The number of hydrogen-bond acceptors (Lipinski definition) is 3. The lowest BCUT2D eigenvalue weighted by Crippen LogP contribution is -2.23. The fourth-order valence-electron chi connectivity index (χ4n) is 1.10. The highest BCUT2D eigenvalue weighted by Crippen LogP contribution is 2.25. The summed E-state index contributed by atoms with van der Waals surface area (Å²) >= 11 is 14.4. The molecule has 1 heterocycles. The third kappa shape index (κ3) is 8.41. The predicted molar refractivity (Wildman–Crippen MR) is 71.3 cm³/mol. The summed E-state index contributed by atoms with van der Waals surface area (Å²) in [6, 6.07) is 0. The van der Waals surface area contributed by atoms with Crippen molar-refractivity contribution in [3.63, 3.8) is 0 Å². The first-order valence-electron chi connectivity index (χ1n) is 5.20. The number of rotatable bonds is 3. The van der Waals surface area contributed by atoms with Gasteiger partial charge in [-0.25, -0.2) is 4.79 Å². The van der Waals surface area contributed by atoms with Crippen LogP contribution in [0.25, 0.3) is 0 Å². The van der Waals surface area contributed by atoms with Crippen molar-refractivity contribution < 1.29 is 9.90 Å². The van der Waals surface area contributed by atoms with Crippen LogP contribution in [0, 0.1) is 0 Å². The molecule has 0 spiro atoms. The summed E-state index contributed by atoms with van der Waals surface area (Å²) in [6.07, 6.45) is 6.87. The van der Waals surface area contributed by atoms with Crippen LogP contribution in [0.4, 0.5) is 0 Å². The summed E-state index contributed by atoms with van der Waals surface area (Å²) in [5, 5.41) is 7.85. The van der Waals surface area contributed by atoms with Crippen LogP contribution in [0.15, 0.2) is 12.4 Å². The Kier molecular flexibility index (Phi) is 7.75. The molecule has 0 radical (unpaired) electrons. The van der Waals surface area contributed by atoms with E-state index in [4.69, 9.17) is 39.9 Å². The fourth-order valence-corrected chi connectivity index (χ4v) is 1.10. The molecule has 0 saturated heterocycles. The SMILES string of the molecule is CCCCN1C=CN(C)C1.O=C(O)C(Cl)(Cl)Cl. The van der Waals surface area contributed by atoms with Gasteiger partial charge in [0.1, 0.15) is 0 Å². The largest absolute Gasteiger partial charge is 0.478 e. The van der Waals surface area contributed by atoms with Crippen LogP contribution in [0.3, 0.4) is 0 Å². The molecule has 0 saturated carbocycles. The minimum atomic E-state index is -2.17. The minimum absolute atomic E-state index is 1.07. The van der Waals surface area contributed by atoms with Crippen molar-refractivity contribution in [3.05, 3.63) is 12.4 Å². The molecule has 4 nitrogen and oxygen atoms in total. The lowest BCUT2D eigenvalue weighted by molar-refractivity contribution is -0.135. The molecule has 1 N–H and O–H groups in total. The highest BCUT2D eigenvalue weighted by Gasteiger charge is 2.29. The maximum absolute atomic E-state index is 9.62. The van der Waals surface area contributed by atoms with Gasteiger partial charge < -0.3 is 14.9 Å². The quantitative estimate of drug-likeness (QED) is 0.814. The van der Waals surface area contributed by atoms with E-state index in [9.17, 15) is 4.79 Å². The van der Waals surface area contributed by atoms with Crippen LogP contribution in [0.2, 0.25) is 0 Å². The molecule has 0 amide bonds. The Morgan fingerprint density at radius 1 is 1.41 bits per heavy atom. The molecule has 0 atom stereocenters. The number of hydrogen-bond donors (Lipinski definition) is 1. The van der Waals surface area contributed by atoms with Gasteiger partial charge in [0.15, 0.2) is 0 Å². The van der Waals surface area contributed by atoms with Gasteiger partial charge in [0.25, 0.3) is 3.79 Å². The molecule has 17 heavy (non-hydrogen) atoms. The molecule has 1 rings (SSSR count). The zero-order chi connectivity index (χ0) is 13.5. The summed E-state index contributed by atoms with van der Waals surface area (Å²) in [5.74, 6) is -1.46. The van der Waals surface area contributed by atoms with Crippen molar-refractivity contribution in [3.8, 4) is 0 Å². The summed E-state index contributed by atoms with van der Waals surface area (Å²) in [5.41, 5.74) is 0. The van der Waals surface area contributed by atoms with Crippen molar-refractivity contribution in [1.82, 2.24) is 9.80 Å². The Morgan fingerprint density at radius 3 is 2.24 bits per heavy atom. The summed E-state index contributed by atoms with van der Waals surface area (Å²) in [7, 11) is 2.10. The van der Waals surface area contributed by atoms with E-state index in [1.807, 2.05) is 0 Å². The van der Waals surface area contributed by atoms with Gasteiger partial charge in [-0.15, -0.1) is 0 Å². The third-order valence-electron chi connectivity index (χ3n) is 1.98. The number of halogens is 3. The highest BCUT2D eigenvalue weighted by atomic mass is 35.6. The molecule has 0 aromatic heterocycles. The Bertz CT molecular complexity index is 267. The molecule has 0 bridgehead atoms. The third-order valence-corrected chi connectivity index (χ3v) is 2.46. The van der Waals surface area contributed by atoms with Crippen LogP contribution in [0.1, 0.15) is 19.8 Å². The van der Waals surface area contributed by atoms with Crippen molar-refractivity contribution in [2.24, 2.45) is 0 Å². The van der Waals surface area contributed by atoms with Crippen LogP contribution < -0.4 is 0 Å². The van der Waals surface area contributed by atoms with Gasteiger partial charge in [-0.2, -0.15) is 0 Å². The number of aliphatic carboxylic acids is 1. The maximum atomic E-state index is 9.62. The van der Waals surface area contributed by atoms with E-state index in [2.05, 4.69) is 36.2 Å². The number of unbranched alkanes of at least 4 members (excludes halogenated alkanes) is 1. The molecule has 7 heteroatoms. The first-order chi connectivity index (χ1) is 7.77. The van der Waals surface area contributed by atoms with Crippen LogP contribution in [-0.2, 0) is 4.79 Å². The second-order valence-corrected chi connectivity index (χ2v) is 5.95. The molecular weight excluding hydrogens is 286 g/mol. The summed E-state index contributed by atoms with van der Waals surface area (Å²) in [6.45, 7) is 4.50. The summed E-state index contributed by atoms with van der Waals surface area (Å²) < 4.78 is -2.17. The Hall–Kier alpha value is -0.320. The van der Waals surface area contributed by atoms with Gasteiger partial charge in [0.2, 0.25) is 0 Å². The smallest absolute Gasteiger partial charge is 0.356 e. The Balaban J connectivity index is 0.000000325. The minimum Gasteiger partial charge on any atom is -0.478 e. The van der Waals surface area contributed by atoms with E-state index < -0.39 is 9.76 Å². The van der Waals surface area contributed by atoms with Crippen LogP contribution in [-0.4, -0.2) is 44.9 Å². The zero-order valence-electron chi connectivity index (χ0n) is 9.87. The monoisotopic (exact) mass is 302 g/mol. The van der Waals surface area contributed by atoms with E-state index in [0.29, 0.717) is 0 Å². The Labute approximate surface area is 117 Å². The molecule has 1 aliphatic rings. The van der Waals surface area contributed by atoms with Gasteiger partial charge in [0.05, 0.1) is 6.67 Å². The maximum Gasteiger partial charge on any atom is 0.356 e. The van der Waals surface area contributed by atoms with E-state index in [1.54, 1.807) is 0 Å². The van der Waals surface area contributed by atoms with Crippen molar-refractivity contribution >= 4 is 40.8 Å². The molecule has 1 aliphatic heterocycles. The summed E-state index contributed by atoms with van der Waals surface area (Å²) in [4.78, 5) is 14.2.